The zero-order valence-corrected chi connectivity index (χ0v) is 11.1. The van der Waals surface area contributed by atoms with Gasteiger partial charge in [-0.3, -0.25) is 4.79 Å². The number of nitrogens with one attached hydrogen (secondary N) is 1. The van der Waals surface area contributed by atoms with Crippen LogP contribution in [0.3, 0.4) is 0 Å². The van der Waals surface area contributed by atoms with E-state index in [0.717, 1.165) is 5.56 Å². The van der Waals surface area contributed by atoms with Gasteiger partial charge in [-0.1, -0.05) is 28.6 Å². The molecule has 5 nitrogen and oxygen atoms in total. The number of carbonyl (C=O) groups excluding carboxylic acids is 1. The van der Waals surface area contributed by atoms with E-state index in [-0.39, 0.29) is 19.0 Å². The molecule has 102 valence electrons. The van der Waals surface area contributed by atoms with Gasteiger partial charge in [0.25, 0.3) is 5.91 Å². The molecular weight excluding hydrogens is 254 g/mol. The predicted molar refractivity (Wildman–Crippen MR) is 74.8 cm³/mol. The van der Waals surface area contributed by atoms with Gasteiger partial charge in [0.2, 0.25) is 0 Å². The van der Waals surface area contributed by atoms with Crippen molar-refractivity contribution in [3.63, 3.8) is 0 Å². The van der Waals surface area contributed by atoms with Gasteiger partial charge in [-0.25, -0.2) is 0 Å². The minimum absolute atomic E-state index is 0.202. The van der Waals surface area contributed by atoms with Crippen molar-refractivity contribution in [1.29, 1.82) is 0 Å². The molecule has 1 heterocycles. The maximum Gasteiger partial charge on any atom is 0.252 e. The Balaban J connectivity index is 2.17. The van der Waals surface area contributed by atoms with E-state index in [1.54, 1.807) is 12.1 Å². The molecule has 0 atom stereocenters. The van der Waals surface area contributed by atoms with Crippen molar-refractivity contribution < 1.29 is 9.32 Å². The second-order valence-corrected chi connectivity index (χ2v) is 4.22. The fourth-order valence-corrected chi connectivity index (χ4v) is 1.70. The molecule has 3 N–H and O–H groups in total. The maximum absolute atomic E-state index is 12.2. The zero-order valence-electron chi connectivity index (χ0n) is 11.1. The number of carbonyl (C=O) groups is 1. The third kappa shape index (κ3) is 3.46. The van der Waals surface area contributed by atoms with Gasteiger partial charge in [0.1, 0.15) is 0 Å². The normalized spacial score (nSPS) is 9.70. The minimum atomic E-state index is -0.202. The Kier molecular flexibility index (Phi) is 4.53. The van der Waals surface area contributed by atoms with Gasteiger partial charge in [-0.2, -0.15) is 0 Å². The molecule has 0 saturated carbocycles. The average molecular weight is 269 g/mol. The van der Waals surface area contributed by atoms with Gasteiger partial charge in [0.05, 0.1) is 24.8 Å². The van der Waals surface area contributed by atoms with Crippen molar-refractivity contribution in [3.8, 4) is 11.8 Å². The second kappa shape index (κ2) is 6.55. The number of benzene rings is 1. The number of nitrogens with two attached hydrogens (primary N) is 1. The van der Waals surface area contributed by atoms with E-state index in [1.165, 1.54) is 6.20 Å². The van der Waals surface area contributed by atoms with Crippen LogP contribution in [0.2, 0.25) is 0 Å². The van der Waals surface area contributed by atoms with Crippen LogP contribution in [0.1, 0.15) is 27.2 Å². The molecule has 5 heteroatoms. The van der Waals surface area contributed by atoms with Crippen molar-refractivity contribution in [3.05, 3.63) is 52.9 Å². The summed E-state index contributed by atoms with van der Waals surface area (Å²) in [4.78, 5) is 12.2. The lowest BCUT2D eigenvalue weighted by Crippen LogP contribution is -2.23. The second-order valence-electron chi connectivity index (χ2n) is 4.22. The van der Waals surface area contributed by atoms with Crippen molar-refractivity contribution in [2.24, 2.45) is 5.73 Å². The summed E-state index contributed by atoms with van der Waals surface area (Å²) in [5.41, 5.74) is 7.55. The summed E-state index contributed by atoms with van der Waals surface area (Å²) in [6.45, 7) is 2.47. The standard InChI is InChI=1S/C15H15N3O2/c1-11-4-5-12(3-2-7-16)14(9-11)15(19)17-10-13-6-8-18-20-13/h4-6,8-9H,7,10,16H2,1H3,(H,17,19). The number of aryl methyl sites for hydroxylation is 1. The van der Waals surface area contributed by atoms with E-state index in [9.17, 15) is 4.79 Å². The van der Waals surface area contributed by atoms with Crippen LogP contribution in [-0.2, 0) is 6.54 Å². The summed E-state index contributed by atoms with van der Waals surface area (Å²) in [5.74, 6) is 6.06. The SMILES string of the molecule is Cc1ccc(C#CCN)c(C(=O)NCc2ccno2)c1. The van der Waals surface area contributed by atoms with Crippen molar-refractivity contribution >= 4 is 5.91 Å². The Morgan fingerprint density at radius 3 is 3.00 bits per heavy atom. The summed E-state index contributed by atoms with van der Waals surface area (Å²) >= 11 is 0. The third-order valence-corrected chi connectivity index (χ3v) is 2.66. The molecule has 0 unspecified atom stereocenters. The lowest BCUT2D eigenvalue weighted by Gasteiger charge is -2.06. The molecule has 0 radical (unpaired) electrons. The maximum atomic E-state index is 12.2. The summed E-state index contributed by atoms with van der Waals surface area (Å²) in [6, 6.07) is 7.23. The third-order valence-electron chi connectivity index (χ3n) is 2.66. The molecule has 0 aliphatic rings. The first-order chi connectivity index (χ1) is 9.70. The summed E-state index contributed by atoms with van der Waals surface area (Å²) in [5, 5.41) is 6.36. The highest BCUT2D eigenvalue weighted by molar-refractivity contribution is 5.96. The molecular formula is C15H15N3O2. The van der Waals surface area contributed by atoms with E-state index >= 15 is 0 Å². The lowest BCUT2D eigenvalue weighted by atomic mass is 10.0. The van der Waals surface area contributed by atoms with Gasteiger partial charge in [-0.15, -0.1) is 0 Å². The van der Waals surface area contributed by atoms with Crippen LogP contribution in [-0.4, -0.2) is 17.6 Å². The van der Waals surface area contributed by atoms with Gasteiger partial charge >= 0.3 is 0 Å². The topological polar surface area (TPSA) is 81.2 Å². The van der Waals surface area contributed by atoms with Gasteiger partial charge in [0.15, 0.2) is 5.76 Å². The van der Waals surface area contributed by atoms with Gasteiger partial charge in [0, 0.05) is 11.6 Å². The molecule has 0 saturated heterocycles. The van der Waals surface area contributed by atoms with Crippen LogP contribution in [0.15, 0.2) is 35.0 Å². The van der Waals surface area contributed by atoms with Crippen LogP contribution < -0.4 is 11.1 Å². The van der Waals surface area contributed by atoms with Gasteiger partial charge in [-0.05, 0) is 19.1 Å². The Morgan fingerprint density at radius 1 is 1.45 bits per heavy atom. The monoisotopic (exact) mass is 269 g/mol. The fraction of sp³-hybridized carbons (Fsp3) is 0.200. The van der Waals surface area contributed by atoms with E-state index in [0.29, 0.717) is 16.9 Å². The van der Waals surface area contributed by atoms with Crippen molar-refractivity contribution in [1.82, 2.24) is 10.5 Å². The average Bonchev–Trinajstić information content (AvgIpc) is 2.96. The Labute approximate surface area is 117 Å². The predicted octanol–water partition coefficient (Wildman–Crippen LogP) is 1.22. The molecule has 0 spiro atoms. The van der Waals surface area contributed by atoms with E-state index < -0.39 is 0 Å². The lowest BCUT2D eigenvalue weighted by molar-refractivity contribution is 0.0946. The van der Waals surface area contributed by atoms with Gasteiger partial charge < -0.3 is 15.6 Å². The summed E-state index contributed by atoms with van der Waals surface area (Å²) in [7, 11) is 0. The molecule has 1 aromatic carbocycles. The number of nitrogens with zero attached hydrogens (tertiary/aromatic N) is 1. The van der Waals surface area contributed by atoms with E-state index in [4.69, 9.17) is 10.3 Å². The Hall–Kier alpha value is -2.58. The highest BCUT2D eigenvalue weighted by atomic mass is 16.5. The molecule has 1 aromatic heterocycles. The molecule has 0 fully saturated rings. The van der Waals surface area contributed by atoms with E-state index in [1.807, 2.05) is 19.1 Å². The Bertz CT molecular complexity index is 651. The zero-order chi connectivity index (χ0) is 14.4. The van der Waals surface area contributed by atoms with Crippen LogP contribution in [0.25, 0.3) is 0 Å². The molecule has 0 bridgehead atoms. The van der Waals surface area contributed by atoms with Crippen molar-refractivity contribution in [2.75, 3.05) is 6.54 Å². The quantitative estimate of drug-likeness (QED) is 0.821. The smallest absolute Gasteiger partial charge is 0.252 e. The minimum Gasteiger partial charge on any atom is -0.360 e. The van der Waals surface area contributed by atoms with Crippen molar-refractivity contribution in [2.45, 2.75) is 13.5 Å². The number of amides is 1. The number of aromatic nitrogens is 1. The number of hydrogen-bond donors (Lipinski definition) is 2. The largest absolute Gasteiger partial charge is 0.360 e. The first kappa shape index (κ1) is 13.8. The highest BCUT2D eigenvalue weighted by Crippen LogP contribution is 2.11. The van der Waals surface area contributed by atoms with Crippen LogP contribution in [0.5, 0.6) is 0 Å². The van der Waals surface area contributed by atoms with Crippen LogP contribution in [0, 0.1) is 18.8 Å². The van der Waals surface area contributed by atoms with Crippen LogP contribution >= 0.6 is 0 Å². The summed E-state index contributed by atoms with van der Waals surface area (Å²) in [6.07, 6.45) is 1.53. The molecule has 2 rings (SSSR count). The van der Waals surface area contributed by atoms with E-state index in [2.05, 4.69) is 22.3 Å². The molecule has 2 aromatic rings. The fourth-order valence-electron chi connectivity index (χ4n) is 1.70. The Morgan fingerprint density at radius 2 is 2.30 bits per heavy atom. The highest BCUT2D eigenvalue weighted by Gasteiger charge is 2.11. The number of hydrogen-bond acceptors (Lipinski definition) is 4. The first-order valence-corrected chi connectivity index (χ1v) is 6.18. The number of rotatable bonds is 3. The first-order valence-electron chi connectivity index (χ1n) is 6.18. The molecule has 20 heavy (non-hydrogen) atoms. The molecule has 0 aliphatic carbocycles. The molecule has 0 aliphatic heterocycles. The van der Waals surface area contributed by atoms with Crippen LogP contribution in [0.4, 0.5) is 0 Å². The molecule has 1 amide bonds. The summed E-state index contributed by atoms with van der Waals surface area (Å²) < 4.78 is 4.93.